The summed E-state index contributed by atoms with van der Waals surface area (Å²) in [5.41, 5.74) is 1.99. The van der Waals surface area contributed by atoms with E-state index in [4.69, 9.17) is 11.5 Å². The van der Waals surface area contributed by atoms with Crippen molar-refractivity contribution in [2.45, 2.75) is 13.2 Å². The van der Waals surface area contributed by atoms with Crippen molar-refractivity contribution in [3.63, 3.8) is 0 Å². The monoisotopic (exact) mass is 185 g/mol. The number of aromatic nitrogens is 1. The minimum absolute atomic E-state index is 0.0666. The van der Waals surface area contributed by atoms with Gasteiger partial charge in [-0.25, -0.2) is 0 Å². The fourth-order valence-electron chi connectivity index (χ4n) is 1.56. The average molecular weight is 185 g/mol. The minimum Gasteiger partial charge on any atom is -0.392 e. The third kappa shape index (κ3) is 1.39. The molecular weight excluding hydrogens is 174 g/mol. The summed E-state index contributed by atoms with van der Waals surface area (Å²) in [6.07, 6.45) is 7.23. The molecule has 0 radical (unpaired) electrons. The van der Waals surface area contributed by atoms with Crippen molar-refractivity contribution < 1.29 is 5.11 Å². The molecule has 0 aliphatic heterocycles. The lowest BCUT2D eigenvalue weighted by molar-refractivity contribution is 0.282. The van der Waals surface area contributed by atoms with E-state index in [1.54, 1.807) is 0 Å². The predicted octanol–water partition coefficient (Wildman–Crippen LogP) is 1.77. The standard InChI is InChI=1S/C12H11NO/c1-2-6-13-7-5-11-4-3-10(9-14)8-12(11)13/h1,3-5,7-8,14H,6,9H2. The summed E-state index contributed by atoms with van der Waals surface area (Å²) in [6, 6.07) is 7.90. The zero-order valence-corrected chi connectivity index (χ0v) is 7.77. The number of terminal acetylenes is 1. The van der Waals surface area contributed by atoms with E-state index in [2.05, 4.69) is 5.92 Å². The molecule has 0 aliphatic rings. The molecule has 14 heavy (non-hydrogen) atoms. The molecule has 0 fully saturated rings. The molecule has 0 saturated heterocycles. The van der Waals surface area contributed by atoms with Crippen molar-refractivity contribution >= 4 is 10.9 Å². The summed E-state index contributed by atoms with van der Waals surface area (Å²) >= 11 is 0. The Bertz CT molecular complexity index is 490. The molecule has 1 heterocycles. The zero-order chi connectivity index (χ0) is 9.97. The van der Waals surface area contributed by atoms with Crippen LogP contribution in [0, 0.1) is 12.3 Å². The zero-order valence-electron chi connectivity index (χ0n) is 7.77. The van der Waals surface area contributed by atoms with Crippen LogP contribution >= 0.6 is 0 Å². The van der Waals surface area contributed by atoms with Crippen LogP contribution in [0.2, 0.25) is 0 Å². The van der Waals surface area contributed by atoms with Crippen molar-refractivity contribution in [3.8, 4) is 12.3 Å². The maximum Gasteiger partial charge on any atom is 0.0834 e. The highest BCUT2D eigenvalue weighted by Gasteiger charge is 2.00. The highest BCUT2D eigenvalue weighted by molar-refractivity contribution is 5.80. The molecule has 0 unspecified atom stereocenters. The summed E-state index contributed by atoms with van der Waals surface area (Å²) in [6.45, 7) is 0.634. The quantitative estimate of drug-likeness (QED) is 0.709. The van der Waals surface area contributed by atoms with E-state index in [1.807, 2.05) is 35.0 Å². The number of aliphatic hydroxyl groups is 1. The van der Waals surface area contributed by atoms with Crippen LogP contribution in [0.1, 0.15) is 5.56 Å². The van der Waals surface area contributed by atoms with Gasteiger partial charge in [-0.3, -0.25) is 0 Å². The topological polar surface area (TPSA) is 25.2 Å². The normalized spacial score (nSPS) is 10.3. The molecule has 1 aromatic carbocycles. The molecule has 2 aromatic rings. The fourth-order valence-corrected chi connectivity index (χ4v) is 1.56. The molecule has 0 atom stereocenters. The Morgan fingerprint density at radius 2 is 2.21 bits per heavy atom. The Hall–Kier alpha value is -1.72. The number of fused-ring (bicyclic) bond motifs is 1. The van der Waals surface area contributed by atoms with E-state index in [-0.39, 0.29) is 6.61 Å². The van der Waals surface area contributed by atoms with Gasteiger partial charge in [0.25, 0.3) is 0 Å². The molecule has 0 spiro atoms. The molecule has 2 rings (SSSR count). The number of aliphatic hydroxyl groups excluding tert-OH is 1. The van der Waals surface area contributed by atoms with Crippen LogP contribution in [0.5, 0.6) is 0 Å². The van der Waals surface area contributed by atoms with E-state index >= 15 is 0 Å². The minimum atomic E-state index is 0.0666. The van der Waals surface area contributed by atoms with Gasteiger partial charge in [0.2, 0.25) is 0 Å². The van der Waals surface area contributed by atoms with Gasteiger partial charge < -0.3 is 9.67 Å². The summed E-state index contributed by atoms with van der Waals surface area (Å²) in [5.74, 6) is 2.60. The number of rotatable bonds is 2. The van der Waals surface area contributed by atoms with E-state index in [9.17, 15) is 0 Å². The summed E-state index contributed by atoms with van der Waals surface area (Å²) < 4.78 is 1.99. The smallest absolute Gasteiger partial charge is 0.0834 e. The van der Waals surface area contributed by atoms with Crippen LogP contribution in [-0.4, -0.2) is 9.67 Å². The average Bonchev–Trinajstić information content (AvgIpc) is 2.61. The molecule has 0 saturated carbocycles. The third-order valence-corrected chi connectivity index (χ3v) is 2.28. The largest absolute Gasteiger partial charge is 0.392 e. The lowest BCUT2D eigenvalue weighted by atomic mass is 10.2. The van der Waals surface area contributed by atoms with Crippen LogP contribution in [0.4, 0.5) is 0 Å². The maximum atomic E-state index is 9.01. The van der Waals surface area contributed by atoms with Gasteiger partial charge in [-0.05, 0) is 23.1 Å². The van der Waals surface area contributed by atoms with Gasteiger partial charge in [0.05, 0.1) is 13.2 Å². The van der Waals surface area contributed by atoms with Gasteiger partial charge in [-0.2, -0.15) is 0 Å². The van der Waals surface area contributed by atoms with Crippen LogP contribution in [0.15, 0.2) is 30.5 Å². The SMILES string of the molecule is C#CCn1ccc2ccc(CO)cc21. The maximum absolute atomic E-state index is 9.01. The van der Waals surface area contributed by atoms with Gasteiger partial charge >= 0.3 is 0 Å². The van der Waals surface area contributed by atoms with Crippen molar-refractivity contribution in [1.29, 1.82) is 0 Å². The van der Waals surface area contributed by atoms with Crippen LogP contribution in [0.3, 0.4) is 0 Å². The van der Waals surface area contributed by atoms with E-state index in [0.29, 0.717) is 6.54 Å². The number of benzene rings is 1. The van der Waals surface area contributed by atoms with Crippen molar-refractivity contribution in [1.82, 2.24) is 4.57 Å². The molecule has 1 aromatic heterocycles. The first-order chi connectivity index (χ1) is 6.85. The molecule has 2 nitrogen and oxygen atoms in total. The molecule has 1 N–H and O–H groups in total. The molecule has 70 valence electrons. The highest BCUT2D eigenvalue weighted by atomic mass is 16.3. The summed E-state index contributed by atoms with van der Waals surface area (Å²) in [7, 11) is 0. The molecular formula is C12H11NO. The van der Waals surface area contributed by atoms with Crippen LogP contribution < -0.4 is 0 Å². The summed E-state index contributed by atoms with van der Waals surface area (Å²) in [4.78, 5) is 0. The van der Waals surface area contributed by atoms with Gasteiger partial charge in [0, 0.05) is 11.7 Å². The van der Waals surface area contributed by atoms with Gasteiger partial charge in [0.1, 0.15) is 0 Å². The second kappa shape index (κ2) is 3.57. The molecule has 0 amide bonds. The first kappa shape index (κ1) is 8.86. The number of hydrogen-bond acceptors (Lipinski definition) is 1. The Balaban J connectivity index is 2.59. The number of hydrogen-bond donors (Lipinski definition) is 1. The molecule has 0 aliphatic carbocycles. The van der Waals surface area contributed by atoms with E-state index < -0.39 is 0 Å². The lowest BCUT2D eigenvalue weighted by Gasteiger charge is -2.01. The fraction of sp³-hybridized carbons (Fsp3) is 0.167. The number of nitrogens with zero attached hydrogens (tertiary/aromatic N) is 1. The Morgan fingerprint density at radius 1 is 1.36 bits per heavy atom. The molecule has 2 heteroatoms. The first-order valence-electron chi connectivity index (χ1n) is 4.47. The second-order valence-corrected chi connectivity index (χ2v) is 3.20. The Kier molecular flexibility index (Phi) is 2.26. The summed E-state index contributed by atoms with van der Waals surface area (Å²) in [5, 5.41) is 10.2. The third-order valence-electron chi connectivity index (χ3n) is 2.28. The van der Waals surface area contributed by atoms with E-state index in [0.717, 1.165) is 16.5 Å². The predicted molar refractivity (Wildman–Crippen MR) is 56.7 cm³/mol. The lowest BCUT2D eigenvalue weighted by Crippen LogP contribution is -1.93. The van der Waals surface area contributed by atoms with Crippen molar-refractivity contribution in [2.75, 3.05) is 0 Å². The van der Waals surface area contributed by atoms with Gasteiger partial charge in [-0.15, -0.1) is 6.42 Å². The first-order valence-corrected chi connectivity index (χ1v) is 4.47. The highest BCUT2D eigenvalue weighted by Crippen LogP contribution is 2.17. The van der Waals surface area contributed by atoms with Gasteiger partial charge in [0.15, 0.2) is 0 Å². The molecule has 0 bridgehead atoms. The Morgan fingerprint density at radius 3 is 2.93 bits per heavy atom. The van der Waals surface area contributed by atoms with Crippen LogP contribution in [0.25, 0.3) is 10.9 Å². The van der Waals surface area contributed by atoms with E-state index in [1.165, 1.54) is 0 Å². The second-order valence-electron chi connectivity index (χ2n) is 3.20. The van der Waals surface area contributed by atoms with Crippen LogP contribution in [-0.2, 0) is 13.2 Å². The Labute approximate surface area is 82.8 Å². The van der Waals surface area contributed by atoms with Crippen molar-refractivity contribution in [2.24, 2.45) is 0 Å². The van der Waals surface area contributed by atoms with Crippen molar-refractivity contribution in [3.05, 3.63) is 36.0 Å². The van der Waals surface area contributed by atoms with Gasteiger partial charge in [-0.1, -0.05) is 18.1 Å².